The first-order valence-corrected chi connectivity index (χ1v) is 5.65. The summed E-state index contributed by atoms with van der Waals surface area (Å²) in [5.74, 6) is -0.819. The summed E-state index contributed by atoms with van der Waals surface area (Å²) in [5, 5.41) is 19.7. The number of rotatable bonds is 3. The number of hydrogen-bond acceptors (Lipinski definition) is 5. The zero-order chi connectivity index (χ0) is 13.3. The van der Waals surface area contributed by atoms with Crippen LogP contribution < -0.4 is 4.90 Å². The highest BCUT2D eigenvalue weighted by atomic mass is 16.6. The van der Waals surface area contributed by atoms with Crippen molar-refractivity contribution in [1.82, 2.24) is 4.98 Å². The van der Waals surface area contributed by atoms with Gasteiger partial charge in [-0.1, -0.05) is 0 Å². The van der Waals surface area contributed by atoms with E-state index in [0.29, 0.717) is 5.82 Å². The van der Waals surface area contributed by atoms with Gasteiger partial charge in [0.1, 0.15) is 17.6 Å². The van der Waals surface area contributed by atoms with Crippen molar-refractivity contribution < 1.29 is 14.8 Å². The second-order valence-corrected chi connectivity index (χ2v) is 4.31. The lowest BCUT2D eigenvalue weighted by molar-refractivity contribution is -0.385. The number of pyridine rings is 1. The number of nitro groups is 1. The van der Waals surface area contributed by atoms with Gasteiger partial charge in [-0.25, -0.2) is 9.78 Å². The maximum atomic E-state index is 11.0. The van der Waals surface area contributed by atoms with Crippen molar-refractivity contribution in [1.29, 1.82) is 0 Å². The Hall–Kier alpha value is -2.18. The van der Waals surface area contributed by atoms with E-state index in [4.69, 9.17) is 5.11 Å². The molecule has 1 aliphatic heterocycles. The monoisotopic (exact) mass is 251 g/mol. The van der Waals surface area contributed by atoms with Gasteiger partial charge >= 0.3 is 11.7 Å². The summed E-state index contributed by atoms with van der Waals surface area (Å²) in [6.45, 7) is 2.82. The molecule has 7 heteroatoms. The number of aromatic nitrogens is 1. The third-order valence-corrected chi connectivity index (χ3v) is 3.14. The molecule has 7 nitrogen and oxygen atoms in total. The third-order valence-electron chi connectivity index (χ3n) is 3.14. The minimum atomic E-state index is -1.31. The van der Waals surface area contributed by atoms with Crippen LogP contribution in [0.25, 0.3) is 0 Å². The molecule has 1 N–H and O–H groups in total. The summed E-state index contributed by atoms with van der Waals surface area (Å²) in [6, 6.07) is 1.56. The van der Waals surface area contributed by atoms with Gasteiger partial charge in [0.15, 0.2) is 0 Å². The van der Waals surface area contributed by atoms with Crippen LogP contribution in [0.1, 0.15) is 30.1 Å². The van der Waals surface area contributed by atoms with Crippen LogP contribution in [0, 0.1) is 10.1 Å². The lowest BCUT2D eigenvalue weighted by Gasteiger charge is -2.22. The second kappa shape index (κ2) is 4.59. The lowest BCUT2D eigenvalue weighted by Crippen LogP contribution is -2.27. The molecule has 1 unspecified atom stereocenters. The molecule has 96 valence electrons. The van der Waals surface area contributed by atoms with E-state index in [1.54, 1.807) is 0 Å². The molecule has 1 aliphatic rings. The van der Waals surface area contributed by atoms with Crippen LogP contribution in [0.4, 0.5) is 11.5 Å². The number of carboxylic acid groups (broad SMARTS) is 1. The summed E-state index contributed by atoms with van der Waals surface area (Å²) in [7, 11) is 0. The molecule has 0 radical (unpaired) electrons. The second-order valence-electron chi connectivity index (χ2n) is 4.31. The van der Waals surface area contributed by atoms with Crippen molar-refractivity contribution in [3.05, 3.63) is 27.9 Å². The highest BCUT2D eigenvalue weighted by molar-refractivity contribution is 5.93. The van der Waals surface area contributed by atoms with E-state index in [0.717, 1.165) is 25.6 Å². The van der Waals surface area contributed by atoms with E-state index in [9.17, 15) is 14.9 Å². The molecular weight excluding hydrogens is 238 g/mol. The summed E-state index contributed by atoms with van der Waals surface area (Å²) < 4.78 is 0. The van der Waals surface area contributed by atoms with Gasteiger partial charge in [-0.3, -0.25) is 10.1 Å². The van der Waals surface area contributed by atoms with Gasteiger partial charge in [0.2, 0.25) is 0 Å². The number of anilines is 1. The predicted octanol–water partition coefficient (Wildman–Crippen LogP) is 1.68. The van der Waals surface area contributed by atoms with Crippen LogP contribution >= 0.6 is 0 Å². The average molecular weight is 251 g/mol. The molecule has 0 aromatic carbocycles. The predicted molar refractivity (Wildman–Crippen MR) is 63.9 cm³/mol. The Labute approximate surface area is 103 Å². The van der Waals surface area contributed by atoms with E-state index < -0.39 is 16.6 Å². The van der Waals surface area contributed by atoms with E-state index in [-0.39, 0.29) is 11.6 Å². The topological polar surface area (TPSA) is 96.6 Å². The quantitative estimate of drug-likeness (QED) is 0.648. The van der Waals surface area contributed by atoms with Gasteiger partial charge in [-0.05, 0) is 19.8 Å². The molecule has 0 bridgehead atoms. The zero-order valence-corrected chi connectivity index (χ0v) is 9.87. The minimum Gasteiger partial charge on any atom is -0.477 e. The van der Waals surface area contributed by atoms with Gasteiger partial charge < -0.3 is 10.0 Å². The van der Waals surface area contributed by atoms with E-state index in [1.165, 1.54) is 6.07 Å². The van der Waals surface area contributed by atoms with Crippen LogP contribution in [-0.2, 0) is 0 Å². The molecule has 0 saturated carbocycles. The largest absolute Gasteiger partial charge is 0.477 e. The number of nitrogens with zero attached hydrogens (tertiary/aromatic N) is 3. The van der Waals surface area contributed by atoms with E-state index in [2.05, 4.69) is 4.98 Å². The van der Waals surface area contributed by atoms with Crippen molar-refractivity contribution in [3.8, 4) is 0 Å². The normalized spacial score (nSPS) is 18.9. The average Bonchev–Trinajstić information content (AvgIpc) is 2.74. The van der Waals surface area contributed by atoms with E-state index in [1.807, 2.05) is 11.8 Å². The van der Waals surface area contributed by atoms with Crippen LogP contribution in [0.2, 0.25) is 0 Å². The summed E-state index contributed by atoms with van der Waals surface area (Å²) in [6.07, 6.45) is 3.05. The molecule has 2 rings (SSSR count). The lowest BCUT2D eigenvalue weighted by atomic mass is 10.2. The standard InChI is InChI=1S/C11H13N3O4/c1-7-3-2-4-13(7)10-5-8(11(15)16)9(6-12-10)14(17)18/h5-7H,2-4H2,1H3,(H,15,16). The smallest absolute Gasteiger partial charge is 0.342 e. The van der Waals surface area contributed by atoms with Gasteiger partial charge in [0, 0.05) is 18.7 Å². The van der Waals surface area contributed by atoms with Crippen LogP contribution in [0.3, 0.4) is 0 Å². The highest BCUT2D eigenvalue weighted by Crippen LogP contribution is 2.27. The van der Waals surface area contributed by atoms with Gasteiger partial charge in [0.05, 0.1) is 4.92 Å². The van der Waals surface area contributed by atoms with Crippen molar-refractivity contribution in [2.75, 3.05) is 11.4 Å². The molecule has 1 aromatic rings. The molecule has 1 saturated heterocycles. The highest BCUT2D eigenvalue weighted by Gasteiger charge is 2.26. The summed E-state index contributed by atoms with van der Waals surface area (Å²) in [4.78, 5) is 27.0. The minimum absolute atomic E-state index is 0.278. The van der Waals surface area contributed by atoms with Crippen molar-refractivity contribution >= 4 is 17.5 Å². The maximum Gasteiger partial charge on any atom is 0.342 e. The SMILES string of the molecule is CC1CCCN1c1cc(C(=O)O)c([N+](=O)[O-])cn1. The molecule has 2 heterocycles. The molecular formula is C11H13N3O4. The number of carboxylic acids is 1. The number of carbonyl (C=O) groups is 1. The first-order chi connectivity index (χ1) is 8.50. The van der Waals surface area contributed by atoms with Crippen molar-refractivity contribution in [2.24, 2.45) is 0 Å². The molecule has 0 amide bonds. The van der Waals surface area contributed by atoms with Crippen molar-refractivity contribution in [2.45, 2.75) is 25.8 Å². The Balaban J connectivity index is 2.43. The van der Waals surface area contributed by atoms with E-state index >= 15 is 0 Å². The van der Waals surface area contributed by atoms with Gasteiger partial charge in [-0.2, -0.15) is 0 Å². The fourth-order valence-electron chi connectivity index (χ4n) is 2.18. The zero-order valence-electron chi connectivity index (χ0n) is 9.87. The molecule has 0 spiro atoms. The van der Waals surface area contributed by atoms with Gasteiger partial charge in [-0.15, -0.1) is 0 Å². The summed E-state index contributed by atoms with van der Waals surface area (Å²) >= 11 is 0. The Bertz CT molecular complexity index is 503. The first-order valence-electron chi connectivity index (χ1n) is 5.65. The third kappa shape index (κ3) is 2.11. The molecule has 18 heavy (non-hydrogen) atoms. The molecule has 0 aliphatic carbocycles. The van der Waals surface area contributed by atoms with Crippen molar-refractivity contribution in [3.63, 3.8) is 0 Å². The maximum absolute atomic E-state index is 11.0. The van der Waals surface area contributed by atoms with Crippen LogP contribution in [0.15, 0.2) is 12.3 Å². The molecule has 1 atom stereocenters. The number of aromatic carboxylic acids is 1. The Morgan fingerprint density at radius 3 is 2.89 bits per heavy atom. The Kier molecular flexibility index (Phi) is 3.14. The Morgan fingerprint density at radius 2 is 2.39 bits per heavy atom. The van der Waals surface area contributed by atoms with Crippen LogP contribution in [0.5, 0.6) is 0 Å². The fraction of sp³-hybridized carbons (Fsp3) is 0.455. The fourth-order valence-corrected chi connectivity index (χ4v) is 2.18. The first kappa shape index (κ1) is 12.3. The molecule has 1 aromatic heterocycles. The number of hydrogen-bond donors (Lipinski definition) is 1. The Morgan fingerprint density at radius 1 is 1.67 bits per heavy atom. The molecule has 1 fully saturated rings. The summed E-state index contributed by atoms with van der Waals surface area (Å²) in [5.41, 5.74) is -0.790. The van der Waals surface area contributed by atoms with Crippen LogP contribution in [-0.4, -0.2) is 33.6 Å². The van der Waals surface area contributed by atoms with Gasteiger partial charge in [0.25, 0.3) is 0 Å².